The first kappa shape index (κ1) is 12.2. The molecule has 0 fully saturated rings. The van der Waals surface area contributed by atoms with Gasteiger partial charge in [0.05, 0.1) is 0 Å². The van der Waals surface area contributed by atoms with Crippen molar-refractivity contribution in [1.29, 1.82) is 0 Å². The van der Waals surface area contributed by atoms with Crippen molar-refractivity contribution in [2.75, 3.05) is 17.7 Å². The van der Waals surface area contributed by atoms with Gasteiger partial charge in [0.2, 0.25) is 5.95 Å². The largest absolute Gasteiger partial charge is 0.357 e. The molecule has 6 heteroatoms. The molecule has 0 bridgehead atoms. The van der Waals surface area contributed by atoms with Gasteiger partial charge in [0.15, 0.2) is 5.82 Å². The number of hydrogen-bond acceptors (Lipinski definition) is 4. The minimum Gasteiger partial charge on any atom is -0.357 e. The molecular formula is C12H12F2N4. The predicted octanol–water partition coefficient (Wildman–Crippen LogP) is 2.85. The lowest BCUT2D eigenvalue weighted by Gasteiger charge is -2.10. The van der Waals surface area contributed by atoms with Crippen molar-refractivity contribution < 1.29 is 8.78 Å². The third-order valence-electron chi connectivity index (χ3n) is 2.42. The van der Waals surface area contributed by atoms with Gasteiger partial charge in [0, 0.05) is 13.2 Å². The molecule has 0 aliphatic carbocycles. The van der Waals surface area contributed by atoms with Crippen LogP contribution in [0.1, 0.15) is 5.56 Å². The maximum Gasteiger partial charge on any atom is 0.224 e. The van der Waals surface area contributed by atoms with E-state index in [-0.39, 0.29) is 5.69 Å². The molecule has 2 rings (SSSR count). The van der Waals surface area contributed by atoms with Crippen molar-refractivity contribution in [3.63, 3.8) is 0 Å². The van der Waals surface area contributed by atoms with Gasteiger partial charge in [-0.05, 0) is 24.6 Å². The van der Waals surface area contributed by atoms with Crippen molar-refractivity contribution in [1.82, 2.24) is 9.97 Å². The van der Waals surface area contributed by atoms with E-state index < -0.39 is 11.6 Å². The van der Waals surface area contributed by atoms with Crippen LogP contribution >= 0.6 is 0 Å². The Bertz CT molecular complexity index is 572. The van der Waals surface area contributed by atoms with E-state index in [9.17, 15) is 8.78 Å². The summed E-state index contributed by atoms with van der Waals surface area (Å²) in [6.45, 7) is 1.57. The number of rotatable bonds is 3. The molecule has 0 atom stereocenters. The maximum absolute atomic E-state index is 13.8. The zero-order valence-electron chi connectivity index (χ0n) is 9.96. The smallest absolute Gasteiger partial charge is 0.224 e. The zero-order chi connectivity index (χ0) is 13.1. The molecule has 18 heavy (non-hydrogen) atoms. The van der Waals surface area contributed by atoms with Gasteiger partial charge in [-0.3, -0.25) is 0 Å². The Kier molecular flexibility index (Phi) is 3.36. The Hall–Kier alpha value is -2.24. The van der Waals surface area contributed by atoms with Crippen molar-refractivity contribution in [2.24, 2.45) is 0 Å². The number of anilines is 3. The zero-order valence-corrected chi connectivity index (χ0v) is 9.96. The van der Waals surface area contributed by atoms with Crippen LogP contribution in [-0.2, 0) is 0 Å². The number of benzene rings is 1. The van der Waals surface area contributed by atoms with Gasteiger partial charge in [-0.15, -0.1) is 0 Å². The lowest BCUT2D eigenvalue weighted by molar-refractivity contribution is 0.584. The molecule has 0 unspecified atom stereocenters. The number of hydrogen-bond donors (Lipinski definition) is 2. The molecule has 4 nitrogen and oxygen atoms in total. The van der Waals surface area contributed by atoms with Crippen LogP contribution in [0.4, 0.5) is 26.2 Å². The summed E-state index contributed by atoms with van der Waals surface area (Å²) in [5.41, 5.74) is 0.151. The van der Waals surface area contributed by atoms with Gasteiger partial charge in [0.25, 0.3) is 0 Å². The van der Waals surface area contributed by atoms with Gasteiger partial charge in [0.1, 0.15) is 17.3 Å². The van der Waals surface area contributed by atoms with E-state index in [0.717, 1.165) is 0 Å². The third kappa shape index (κ3) is 2.37. The molecule has 1 heterocycles. The second kappa shape index (κ2) is 4.95. The summed E-state index contributed by atoms with van der Waals surface area (Å²) in [6.07, 6.45) is 1.49. The second-order valence-corrected chi connectivity index (χ2v) is 3.69. The summed E-state index contributed by atoms with van der Waals surface area (Å²) in [4.78, 5) is 7.94. The van der Waals surface area contributed by atoms with Gasteiger partial charge >= 0.3 is 0 Å². The van der Waals surface area contributed by atoms with Crippen molar-refractivity contribution in [2.45, 2.75) is 6.92 Å². The monoisotopic (exact) mass is 250 g/mol. The highest BCUT2D eigenvalue weighted by Gasteiger charge is 2.12. The Morgan fingerprint density at radius 2 is 1.94 bits per heavy atom. The summed E-state index contributed by atoms with van der Waals surface area (Å²) in [5.74, 6) is -0.603. The summed E-state index contributed by atoms with van der Waals surface area (Å²) in [5, 5.41) is 5.36. The van der Waals surface area contributed by atoms with E-state index in [4.69, 9.17) is 0 Å². The fourth-order valence-corrected chi connectivity index (χ4v) is 1.45. The quantitative estimate of drug-likeness (QED) is 0.879. The topological polar surface area (TPSA) is 49.8 Å². The average Bonchev–Trinajstić information content (AvgIpc) is 2.39. The second-order valence-electron chi connectivity index (χ2n) is 3.69. The summed E-state index contributed by atoms with van der Waals surface area (Å²) in [6, 6.07) is 4.12. The molecule has 0 saturated heterocycles. The highest BCUT2D eigenvalue weighted by atomic mass is 19.1. The Balaban J connectivity index is 2.36. The van der Waals surface area contributed by atoms with E-state index in [0.29, 0.717) is 17.3 Å². The van der Waals surface area contributed by atoms with E-state index in [1.165, 1.54) is 24.4 Å². The third-order valence-corrected chi connectivity index (χ3v) is 2.42. The highest BCUT2D eigenvalue weighted by Crippen LogP contribution is 2.24. The van der Waals surface area contributed by atoms with Crippen LogP contribution in [0, 0.1) is 18.6 Å². The summed E-state index contributed by atoms with van der Waals surface area (Å²) < 4.78 is 27.3. The first-order valence-electron chi connectivity index (χ1n) is 5.34. The van der Waals surface area contributed by atoms with Gasteiger partial charge in [-0.2, -0.15) is 4.98 Å². The number of nitrogens with one attached hydrogen (secondary N) is 2. The molecule has 0 radical (unpaired) electrons. The fraction of sp³-hybridized carbons (Fsp3) is 0.167. The molecule has 1 aromatic heterocycles. The Morgan fingerprint density at radius 1 is 1.17 bits per heavy atom. The van der Waals surface area contributed by atoms with Crippen LogP contribution in [0.2, 0.25) is 0 Å². The molecule has 0 saturated carbocycles. The molecule has 0 amide bonds. The number of nitrogens with zero attached hydrogens (tertiary/aromatic N) is 2. The molecule has 1 aromatic carbocycles. The molecule has 94 valence electrons. The average molecular weight is 250 g/mol. The summed E-state index contributed by atoms with van der Waals surface area (Å²) in [7, 11) is 1.66. The van der Waals surface area contributed by atoms with Crippen LogP contribution < -0.4 is 10.6 Å². The SMILES string of the molecule is CNc1nccc(Nc2c(F)ccc(C)c2F)n1. The normalized spacial score (nSPS) is 10.2. The fourth-order valence-electron chi connectivity index (χ4n) is 1.45. The number of halogens is 2. The van der Waals surface area contributed by atoms with Crippen molar-refractivity contribution in [3.05, 3.63) is 41.6 Å². The first-order valence-corrected chi connectivity index (χ1v) is 5.34. The van der Waals surface area contributed by atoms with Crippen LogP contribution in [0.5, 0.6) is 0 Å². The minimum absolute atomic E-state index is 0.212. The van der Waals surface area contributed by atoms with Gasteiger partial charge in [-0.1, -0.05) is 6.07 Å². The molecule has 0 aliphatic heterocycles. The predicted molar refractivity (Wildman–Crippen MR) is 66.0 cm³/mol. The van der Waals surface area contributed by atoms with Crippen LogP contribution in [0.15, 0.2) is 24.4 Å². The molecule has 2 aromatic rings. The standard InChI is InChI=1S/C12H12F2N4/c1-7-3-4-8(13)11(10(7)14)17-9-5-6-16-12(15-2)18-9/h3-6H,1-2H3,(H2,15,16,17,18). The molecule has 0 spiro atoms. The van der Waals surface area contributed by atoms with E-state index in [1.54, 1.807) is 14.0 Å². The summed E-state index contributed by atoms with van der Waals surface area (Å²) >= 11 is 0. The van der Waals surface area contributed by atoms with Gasteiger partial charge < -0.3 is 10.6 Å². The molecular weight excluding hydrogens is 238 g/mol. The van der Waals surface area contributed by atoms with Crippen LogP contribution in [0.25, 0.3) is 0 Å². The van der Waals surface area contributed by atoms with E-state index in [1.807, 2.05) is 0 Å². The number of aryl methyl sites for hydroxylation is 1. The lowest BCUT2D eigenvalue weighted by Crippen LogP contribution is -2.03. The minimum atomic E-state index is -0.664. The van der Waals surface area contributed by atoms with Crippen LogP contribution in [-0.4, -0.2) is 17.0 Å². The lowest BCUT2D eigenvalue weighted by atomic mass is 10.2. The molecule has 2 N–H and O–H groups in total. The van der Waals surface area contributed by atoms with Crippen molar-refractivity contribution in [3.8, 4) is 0 Å². The molecule has 0 aliphatic rings. The first-order chi connectivity index (χ1) is 8.61. The Morgan fingerprint density at radius 3 is 2.67 bits per heavy atom. The Labute approximate surface area is 103 Å². The highest BCUT2D eigenvalue weighted by molar-refractivity contribution is 5.59. The van der Waals surface area contributed by atoms with Crippen LogP contribution in [0.3, 0.4) is 0 Å². The van der Waals surface area contributed by atoms with Gasteiger partial charge in [-0.25, -0.2) is 13.8 Å². The van der Waals surface area contributed by atoms with E-state index >= 15 is 0 Å². The maximum atomic E-state index is 13.8. The number of aromatic nitrogens is 2. The van der Waals surface area contributed by atoms with E-state index in [2.05, 4.69) is 20.6 Å². The van der Waals surface area contributed by atoms with Crippen molar-refractivity contribution >= 4 is 17.5 Å².